The maximum Gasteiger partial charge on any atom is 0.247 e. The highest BCUT2D eigenvalue weighted by Gasteiger charge is 2.35. The van der Waals surface area contributed by atoms with Crippen LogP contribution in [0.25, 0.3) is 0 Å². The van der Waals surface area contributed by atoms with Crippen molar-refractivity contribution < 1.29 is 22.7 Å². The first-order valence-corrected chi connectivity index (χ1v) is 9.07. The van der Waals surface area contributed by atoms with Gasteiger partial charge in [-0.05, 0) is 31.9 Å². The zero-order valence-corrected chi connectivity index (χ0v) is 14.6. The maximum absolute atomic E-state index is 13.1. The zero-order chi connectivity index (χ0) is 17.0. The van der Waals surface area contributed by atoms with Gasteiger partial charge in [0.25, 0.3) is 0 Å². The van der Waals surface area contributed by atoms with Crippen molar-refractivity contribution in [2.24, 2.45) is 0 Å². The van der Waals surface area contributed by atoms with Crippen LogP contribution in [0.4, 0.5) is 0 Å². The van der Waals surface area contributed by atoms with Crippen molar-refractivity contribution in [1.82, 2.24) is 4.31 Å². The number of carbonyl (C=O) groups excluding carboxylic acids is 1. The third kappa shape index (κ3) is 3.84. The number of methoxy groups -OCH3 is 2. The molecule has 7 heteroatoms. The lowest BCUT2D eigenvalue weighted by Crippen LogP contribution is -2.44. The second kappa shape index (κ2) is 7.31. The van der Waals surface area contributed by atoms with Crippen LogP contribution in [0.5, 0.6) is 11.5 Å². The Labute approximate surface area is 137 Å². The van der Waals surface area contributed by atoms with Crippen LogP contribution in [0.2, 0.25) is 0 Å². The highest BCUT2D eigenvalue weighted by Crippen LogP contribution is 2.34. The van der Waals surface area contributed by atoms with E-state index < -0.39 is 10.0 Å². The normalized spacial score (nSPS) is 19.3. The Morgan fingerprint density at radius 1 is 1.26 bits per heavy atom. The van der Waals surface area contributed by atoms with E-state index in [1.165, 1.54) is 31.5 Å². The monoisotopic (exact) mass is 341 g/mol. The molecule has 0 aliphatic carbocycles. The molecule has 23 heavy (non-hydrogen) atoms. The summed E-state index contributed by atoms with van der Waals surface area (Å²) in [5, 5.41) is 0. The first-order chi connectivity index (χ1) is 10.9. The number of ketones is 1. The van der Waals surface area contributed by atoms with Gasteiger partial charge in [0, 0.05) is 25.1 Å². The molecule has 0 amide bonds. The fourth-order valence-corrected chi connectivity index (χ4v) is 4.77. The SMILES string of the molecule is COc1ccc(S(=O)(=O)N2CCCCC2CC(C)=O)c(OC)c1. The minimum absolute atomic E-state index is 0.00111. The minimum atomic E-state index is -3.72. The number of benzene rings is 1. The molecule has 1 aromatic rings. The summed E-state index contributed by atoms with van der Waals surface area (Å²) in [6, 6.07) is 4.36. The van der Waals surface area contributed by atoms with Crippen molar-refractivity contribution >= 4 is 15.8 Å². The first-order valence-electron chi connectivity index (χ1n) is 7.63. The molecule has 6 nitrogen and oxygen atoms in total. The second-order valence-electron chi connectivity index (χ2n) is 5.69. The van der Waals surface area contributed by atoms with E-state index in [1.807, 2.05) is 0 Å². The molecule has 1 aromatic carbocycles. The largest absolute Gasteiger partial charge is 0.497 e. The van der Waals surface area contributed by atoms with Gasteiger partial charge in [-0.2, -0.15) is 4.31 Å². The quantitative estimate of drug-likeness (QED) is 0.793. The molecule has 1 heterocycles. The number of ether oxygens (including phenoxy) is 2. The van der Waals surface area contributed by atoms with Crippen LogP contribution in [0.1, 0.15) is 32.6 Å². The standard InChI is InChI=1S/C16H23NO5S/c1-12(18)10-13-6-4-5-9-17(13)23(19,20)16-8-7-14(21-2)11-15(16)22-3/h7-8,11,13H,4-6,9-10H2,1-3H3. The summed E-state index contributed by atoms with van der Waals surface area (Å²) in [4.78, 5) is 11.6. The van der Waals surface area contributed by atoms with Gasteiger partial charge in [-0.25, -0.2) is 8.42 Å². The van der Waals surface area contributed by atoms with Crippen molar-refractivity contribution in [3.05, 3.63) is 18.2 Å². The lowest BCUT2D eigenvalue weighted by Gasteiger charge is -2.34. The molecule has 128 valence electrons. The number of hydrogen-bond acceptors (Lipinski definition) is 5. The fourth-order valence-electron chi connectivity index (χ4n) is 2.94. The number of carbonyl (C=O) groups is 1. The lowest BCUT2D eigenvalue weighted by atomic mass is 10.0. The molecule has 1 atom stereocenters. The molecule has 0 radical (unpaired) electrons. The van der Waals surface area contributed by atoms with Gasteiger partial charge in [0.1, 0.15) is 22.2 Å². The summed E-state index contributed by atoms with van der Waals surface area (Å²) in [7, 11) is -0.786. The van der Waals surface area contributed by atoms with E-state index in [0.29, 0.717) is 18.7 Å². The van der Waals surface area contributed by atoms with Crippen LogP contribution >= 0.6 is 0 Å². The summed E-state index contributed by atoms with van der Waals surface area (Å²) >= 11 is 0. The number of rotatable bonds is 6. The van der Waals surface area contributed by atoms with Crippen LogP contribution in [-0.2, 0) is 14.8 Å². The number of hydrogen-bond donors (Lipinski definition) is 0. The van der Waals surface area contributed by atoms with Gasteiger partial charge in [-0.1, -0.05) is 6.42 Å². The Hall–Kier alpha value is -1.60. The number of Topliss-reactive ketones (excluding diaryl/α,β-unsaturated/α-hetero) is 1. The Kier molecular flexibility index (Phi) is 5.64. The maximum atomic E-state index is 13.1. The molecule has 0 N–H and O–H groups in total. The third-order valence-corrected chi connectivity index (χ3v) is 6.04. The average molecular weight is 341 g/mol. The molecule has 1 aliphatic heterocycles. The van der Waals surface area contributed by atoms with Gasteiger partial charge >= 0.3 is 0 Å². The van der Waals surface area contributed by atoms with Crippen LogP contribution < -0.4 is 9.47 Å². The van der Waals surface area contributed by atoms with Crippen LogP contribution in [-0.4, -0.2) is 45.3 Å². The lowest BCUT2D eigenvalue weighted by molar-refractivity contribution is -0.118. The highest BCUT2D eigenvalue weighted by atomic mass is 32.2. The molecular weight excluding hydrogens is 318 g/mol. The summed E-state index contributed by atoms with van der Waals surface area (Å²) < 4.78 is 37.9. The first kappa shape index (κ1) is 17.7. The summed E-state index contributed by atoms with van der Waals surface area (Å²) in [5.41, 5.74) is 0. The molecule has 1 unspecified atom stereocenters. The molecule has 0 aromatic heterocycles. The van der Waals surface area contributed by atoms with E-state index in [1.54, 1.807) is 12.1 Å². The van der Waals surface area contributed by atoms with Crippen LogP contribution in [0.15, 0.2) is 23.1 Å². The van der Waals surface area contributed by atoms with Gasteiger partial charge in [0.15, 0.2) is 0 Å². The van der Waals surface area contributed by atoms with E-state index in [-0.39, 0.29) is 28.9 Å². The van der Waals surface area contributed by atoms with Crippen LogP contribution in [0, 0.1) is 0 Å². The van der Waals surface area contributed by atoms with Gasteiger partial charge < -0.3 is 9.47 Å². The van der Waals surface area contributed by atoms with E-state index in [2.05, 4.69) is 0 Å². The average Bonchev–Trinajstić information content (AvgIpc) is 2.53. The molecule has 0 spiro atoms. The smallest absolute Gasteiger partial charge is 0.247 e. The van der Waals surface area contributed by atoms with Crippen molar-refractivity contribution in [3.8, 4) is 11.5 Å². The van der Waals surface area contributed by atoms with Gasteiger partial charge in [0.2, 0.25) is 10.0 Å². The fraction of sp³-hybridized carbons (Fsp3) is 0.562. The Bertz CT molecular complexity index is 671. The Morgan fingerprint density at radius 2 is 2.00 bits per heavy atom. The van der Waals surface area contributed by atoms with Gasteiger partial charge in [-0.15, -0.1) is 0 Å². The van der Waals surface area contributed by atoms with E-state index in [0.717, 1.165) is 12.8 Å². The Balaban J connectivity index is 2.41. The van der Waals surface area contributed by atoms with Crippen LogP contribution in [0.3, 0.4) is 0 Å². The molecule has 1 aliphatic rings. The molecule has 0 saturated carbocycles. The van der Waals surface area contributed by atoms with Crippen molar-refractivity contribution in [2.75, 3.05) is 20.8 Å². The van der Waals surface area contributed by atoms with Gasteiger partial charge in [0.05, 0.1) is 14.2 Å². The second-order valence-corrected chi connectivity index (χ2v) is 7.55. The summed E-state index contributed by atoms with van der Waals surface area (Å²) in [6.45, 7) is 1.92. The highest BCUT2D eigenvalue weighted by molar-refractivity contribution is 7.89. The van der Waals surface area contributed by atoms with Crippen molar-refractivity contribution in [3.63, 3.8) is 0 Å². The van der Waals surface area contributed by atoms with E-state index in [9.17, 15) is 13.2 Å². The van der Waals surface area contributed by atoms with Crippen molar-refractivity contribution in [1.29, 1.82) is 0 Å². The summed E-state index contributed by atoms with van der Waals surface area (Å²) in [6.07, 6.45) is 2.69. The molecule has 1 saturated heterocycles. The minimum Gasteiger partial charge on any atom is -0.497 e. The predicted octanol–water partition coefficient (Wildman–Crippen LogP) is 2.23. The van der Waals surface area contributed by atoms with E-state index in [4.69, 9.17) is 9.47 Å². The van der Waals surface area contributed by atoms with Crippen molar-refractivity contribution in [2.45, 2.75) is 43.5 Å². The van der Waals surface area contributed by atoms with E-state index >= 15 is 0 Å². The van der Waals surface area contributed by atoms with Gasteiger partial charge in [-0.3, -0.25) is 4.79 Å². The number of piperidine rings is 1. The summed E-state index contributed by atoms with van der Waals surface area (Å²) in [5.74, 6) is 0.773. The number of nitrogens with zero attached hydrogens (tertiary/aromatic N) is 1. The zero-order valence-electron chi connectivity index (χ0n) is 13.7. The molecular formula is C16H23NO5S. The number of sulfonamides is 1. The topological polar surface area (TPSA) is 72.9 Å². The third-order valence-electron chi connectivity index (χ3n) is 4.05. The molecule has 1 fully saturated rings. The predicted molar refractivity (Wildman–Crippen MR) is 86.4 cm³/mol. The Morgan fingerprint density at radius 3 is 2.61 bits per heavy atom. The molecule has 2 rings (SSSR count). The molecule has 0 bridgehead atoms.